The molecule has 0 aliphatic rings. The molecular formula is C15H22N4O. The van der Waals surface area contributed by atoms with Crippen LogP contribution in [0.15, 0.2) is 22.9 Å². The van der Waals surface area contributed by atoms with Crippen molar-refractivity contribution in [2.45, 2.75) is 39.5 Å². The van der Waals surface area contributed by atoms with E-state index < -0.39 is 0 Å². The molecule has 20 heavy (non-hydrogen) atoms. The summed E-state index contributed by atoms with van der Waals surface area (Å²) in [6.07, 6.45) is 5.79. The van der Waals surface area contributed by atoms with Gasteiger partial charge in [-0.2, -0.15) is 4.98 Å². The van der Waals surface area contributed by atoms with Crippen molar-refractivity contribution in [3.05, 3.63) is 29.8 Å². The highest BCUT2D eigenvalue weighted by Gasteiger charge is 2.12. The number of hydrogen-bond acceptors (Lipinski definition) is 5. The maximum absolute atomic E-state index is 5.61. The number of aryl methyl sites for hydroxylation is 2. The van der Waals surface area contributed by atoms with E-state index >= 15 is 0 Å². The van der Waals surface area contributed by atoms with E-state index in [9.17, 15) is 0 Å². The first-order valence-corrected chi connectivity index (χ1v) is 7.18. The lowest BCUT2D eigenvalue weighted by atomic mass is 9.97. The van der Waals surface area contributed by atoms with Crippen molar-refractivity contribution >= 4 is 0 Å². The molecule has 2 aromatic rings. The van der Waals surface area contributed by atoms with E-state index in [4.69, 9.17) is 10.3 Å². The summed E-state index contributed by atoms with van der Waals surface area (Å²) in [7, 11) is 0. The Labute approximate surface area is 119 Å². The van der Waals surface area contributed by atoms with Crippen LogP contribution in [0.4, 0.5) is 0 Å². The van der Waals surface area contributed by atoms with E-state index in [2.05, 4.69) is 22.0 Å². The number of nitrogens with zero attached hydrogens (tertiary/aromatic N) is 3. The Morgan fingerprint density at radius 1 is 1.35 bits per heavy atom. The number of hydrogen-bond donors (Lipinski definition) is 1. The molecule has 0 fully saturated rings. The molecule has 0 saturated carbocycles. The summed E-state index contributed by atoms with van der Waals surface area (Å²) in [6, 6.07) is 3.90. The quantitative estimate of drug-likeness (QED) is 0.840. The van der Waals surface area contributed by atoms with Crippen molar-refractivity contribution in [3.8, 4) is 11.5 Å². The summed E-state index contributed by atoms with van der Waals surface area (Å²) in [6.45, 7) is 4.95. The molecule has 5 nitrogen and oxygen atoms in total. The third-order valence-electron chi connectivity index (χ3n) is 3.53. The van der Waals surface area contributed by atoms with Gasteiger partial charge in [-0.05, 0) is 49.9 Å². The molecule has 2 heterocycles. The van der Waals surface area contributed by atoms with Crippen LogP contribution in [0, 0.1) is 12.8 Å². The predicted octanol–water partition coefficient (Wildman–Crippen LogP) is 2.75. The highest BCUT2D eigenvalue weighted by molar-refractivity contribution is 5.48. The number of nitrogens with two attached hydrogens (primary N) is 1. The molecule has 2 aromatic heterocycles. The smallest absolute Gasteiger partial charge is 0.227 e. The molecule has 0 amide bonds. The van der Waals surface area contributed by atoms with Crippen LogP contribution < -0.4 is 5.73 Å². The monoisotopic (exact) mass is 274 g/mol. The molecule has 0 saturated heterocycles. The summed E-state index contributed by atoms with van der Waals surface area (Å²) in [4.78, 5) is 8.68. The molecule has 0 aliphatic carbocycles. The normalized spacial score (nSPS) is 12.6. The van der Waals surface area contributed by atoms with Gasteiger partial charge in [0.1, 0.15) is 5.69 Å². The molecule has 1 unspecified atom stereocenters. The third kappa shape index (κ3) is 3.87. The number of rotatable bonds is 7. The Morgan fingerprint density at radius 3 is 2.90 bits per heavy atom. The lowest BCUT2D eigenvalue weighted by Gasteiger charge is -2.11. The van der Waals surface area contributed by atoms with Crippen LogP contribution in [-0.2, 0) is 6.42 Å². The largest absolute Gasteiger partial charge is 0.339 e. The summed E-state index contributed by atoms with van der Waals surface area (Å²) in [5.74, 6) is 1.88. The maximum atomic E-state index is 5.61. The second-order valence-electron chi connectivity index (χ2n) is 5.12. The summed E-state index contributed by atoms with van der Waals surface area (Å²) in [5.41, 5.74) is 7.50. The molecule has 108 valence electrons. The van der Waals surface area contributed by atoms with Crippen LogP contribution in [0.5, 0.6) is 0 Å². The van der Waals surface area contributed by atoms with E-state index in [1.54, 1.807) is 6.20 Å². The minimum absolute atomic E-state index is 0.565. The first-order chi connectivity index (χ1) is 9.72. The van der Waals surface area contributed by atoms with Crippen LogP contribution in [-0.4, -0.2) is 21.7 Å². The predicted molar refractivity (Wildman–Crippen MR) is 78.0 cm³/mol. The Hall–Kier alpha value is -1.75. The van der Waals surface area contributed by atoms with Crippen molar-refractivity contribution in [1.29, 1.82) is 0 Å². The summed E-state index contributed by atoms with van der Waals surface area (Å²) in [5, 5.41) is 4.00. The first kappa shape index (κ1) is 14.7. The molecule has 0 spiro atoms. The van der Waals surface area contributed by atoms with Crippen molar-refractivity contribution < 1.29 is 4.52 Å². The van der Waals surface area contributed by atoms with Crippen molar-refractivity contribution in [3.63, 3.8) is 0 Å². The standard InChI is InChI=1S/C15H22N4O/c1-3-12(6-8-16)4-5-14-18-15(19-20-14)13-10-11(2)7-9-17-13/h7,9-10,12H,3-6,8,16H2,1-2H3. The number of pyridine rings is 1. The van der Waals surface area contributed by atoms with Crippen molar-refractivity contribution in [2.75, 3.05) is 6.54 Å². The van der Waals surface area contributed by atoms with E-state index in [-0.39, 0.29) is 0 Å². The average molecular weight is 274 g/mol. The topological polar surface area (TPSA) is 77.8 Å². The Kier molecular flexibility index (Phi) is 5.24. The molecule has 2 rings (SSSR count). The molecule has 0 bridgehead atoms. The molecule has 1 atom stereocenters. The minimum Gasteiger partial charge on any atom is -0.339 e. The Balaban J connectivity index is 1.99. The Morgan fingerprint density at radius 2 is 2.20 bits per heavy atom. The molecular weight excluding hydrogens is 252 g/mol. The van der Waals surface area contributed by atoms with Gasteiger partial charge in [0.15, 0.2) is 0 Å². The highest BCUT2D eigenvalue weighted by Crippen LogP contribution is 2.18. The van der Waals surface area contributed by atoms with Gasteiger partial charge in [0.25, 0.3) is 0 Å². The zero-order chi connectivity index (χ0) is 14.4. The van der Waals surface area contributed by atoms with E-state index in [1.165, 1.54) is 0 Å². The number of aromatic nitrogens is 3. The van der Waals surface area contributed by atoms with Crippen molar-refractivity contribution in [2.24, 2.45) is 11.7 Å². The van der Waals surface area contributed by atoms with Gasteiger partial charge >= 0.3 is 0 Å². The first-order valence-electron chi connectivity index (χ1n) is 7.18. The molecule has 0 aromatic carbocycles. The second kappa shape index (κ2) is 7.14. The highest BCUT2D eigenvalue weighted by atomic mass is 16.5. The molecule has 0 radical (unpaired) electrons. The van der Waals surface area contributed by atoms with Crippen molar-refractivity contribution in [1.82, 2.24) is 15.1 Å². The third-order valence-corrected chi connectivity index (χ3v) is 3.53. The van der Waals surface area contributed by atoms with Crippen LogP contribution >= 0.6 is 0 Å². The van der Waals surface area contributed by atoms with Gasteiger partial charge in [0, 0.05) is 12.6 Å². The van der Waals surface area contributed by atoms with Gasteiger partial charge in [-0.25, -0.2) is 0 Å². The zero-order valence-corrected chi connectivity index (χ0v) is 12.2. The fraction of sp³-hybridized carbons (Fsp3) is 0.533. The Bertz CT molecular complexity index is 538. The zero-order valence-electron chi connectivity index (χ0n) is 12.2. The van der Waals surface area contributed by atoms with Gasteiger partial charge in [-0.3, -0.25) is 4.98 Å². The SMILES string of the molecule is CCC(CCN)CCc1nc(-c2cc(C)ccn2)no1. The van der Waals surface area contributed by atoms with Gasteiger partial charge < -0.3 is 10.3 Å². The van der Waals surface area contributed by atoms with Crippen LogP contribution in [0.1, 0.15) is 37.6 Å². The van der Waals surface area contributed by atoms with Crippen LogP contribution in [0.2, 0.25) is 0 Å². The summed E-state index contributed by atoms with van der Waals surface area (Å²) >= 11 is 0. The molecule has 5 heteroatoms. The fourth-order valence-electron chi connectivity index (χ4n) is 2.23. The van der Waals surface area contributed by atoms with Crippen LogP contribution in [0.3, 0.4) is 0 Å². The average Bonchev–Trinajstić information content (AvgIpc) is 2.92. The molecule has 0 aliphatic heterocycles. The van der Waals surface area contributed by atoms with E-state index in [0.29, 0.717) is 17.6 Å². The lowest BCUT2D eigenvalue weighted by molar-refractivity contribution is 0.354. The van der Waals surface area contributed by atoms with E-state index in [1.807, 2.05) is 19.1 Å². The molecule has 2 N–H and O–H groups in total. The maximum Gasteiger partial charge on any atom is 0.227 e. The van der Waals surface area contributed by atoms with E-state index in [0.717, 1.165) is 43.5 Å². The minimum atomic E-state index is 0.565. The lowest BCUT2D eigenvalue weighted by Crippen LogP contribution is -2.09. The van der Waals surface area contributed by atoms with Gasteiger partial charge in [0.2, 0.25) is 11.7 Å². The van der Waals surface area contributed by atoms with Gasteiger partial charge in [0.05, 0.1) is 0 Å². The second-order valence-corrected chi connectivity index (χ2v) is 5.12. The summed E-state index contributed by atoms with van der Waals surface area (Å²) < 4.78 is 5.30. The fourth-order valence-corrected chi connectivity index (χ4v) is 2.23. The van der Waals surface area contributed by atoms with Crippen LogP contribution in [0.25, 0.3) is 11.5 Å². The van der Waals surface area contributed by atoms with Gasteiger partial charge in [-0.15, -0.1) is 0 Å². The van der Waals surface area contributed by atoms with Gasteiger partial charge in [-0.1, -0.05) is 18.5 Å².